The number of ether oxygens (including phenoxy) is 2. The average molecular weight is 339 g/mol. The number of nitrogens with one attached hydrogen (secondary N) is 2. The van der Waals surface area contributed by atoms with Crippen LogP contribution in [0.5, 0.6) is 11.5 Å². The van der Waals surface area contributed by atoms with Gasteiger partial charge in [-0.1, -0.05) is 16.8 Å². The Kier molecular flexibility index (Phi) is 3.89. The summed E-state index contributed by atoms with van der Waals surface area (Å²) < 4.78 is 16.2. The number of hydrogen-bond donors (Lipinski definition) is 2. The van der Waals surface area contributed by atoms with Gasteiger partial charge in [0.1, 0.15) is 18.9 Å². The van der Waals surface area contributed by atoms with Crippen molar-refractivity contribution in [1.82, 2.24) is 10.5 Å². The summed E-state index contributed by atoms with van der Waals surface area (Å²) in [5.41, 5.74) is 3.13. The van der Waals surface area contributed by atoms with E-state index in [-0.39, 0.29) is 12.6 Å². The van der Waals surface area contributed by atoms with E-state index in [1.165, 1.54) is 0 Å². The molecule has 0 spiro atoms. The average Bonchev–Trinajstić information content (AvgIpc) is 3.02. The second-order valence-corrected chi connectivity index (χ2v) is 5.79. The quantitative estimate of drug-likeness (QED) is 0.765. The molecule has 0 saturated carbocycles. The highest BCUT2D eigenvalue weighted by molar-refractivity contribution is 5.90. The molecule has 0 fully saturated rings. The maximum atomic E-state index is 12.1. The summed E-state index contributed by atoms with van der Waals surface area (Å²) in [6.45, 7) is 3.30. The van der Waals surface area contributed by atoms with Gasteiger partial charge in [0, 0.05) is 17.1 Å². The summed E-state index contributed by atoms with van der Waals surface area (Å²) >= 11 is 0. The molecule has 1 aromatic heterocycles. The summed E-state index contributed by atoms with van der Waals surface area (Å²) in [5, 5.41) is 10.5. The third-order valence-electron chi connectivity index (χ3n) is 3.92. The van der Waals surface area contributed by atoms with E-state index < -0.39 is 0 Å². The normalized spacial score (nSPS) is 12.8. The van der Waals surface area contributed by atoms with Gasteiger partial charge in [-0.3, -0.25) is 0 Å². The summed E-state index contributed by atoms with van der Waals surface area (Å²) in [5.74, 6) is 1.31. The van der Waals surface area contributed by atoms with Crippen molar-refractivity contribution < 1.29 is 18.8 Å². The Balaban J connectivity index is 1.41. The Labute approximate surface area is 143 Å². The summed E-state index contributed by atoms with van der Waals surface area (Å²) in [6, 6.07) is 10.8. The standard InChI is InChI=1S/C18H17N3O4/c1-11-2-4-15-13(8-11)14(21-25-15)10-19-18(22)20-12-3-5-16-17(9-12)24-7-6-23-16/h2-5,8-9H,6-7,10H2,1H3,(H2,19,20,22). The molecule has 2 heterocycles. The van der Waals surface area contributed by atoms with Crippen LogP contribution < -0.4 is 20.1 Å². The summed E-state index contributed by atoms with van der Waals surface area (Å²) in [4.78, 5) is 12.1. The second-order valence-electron chi connectivity index (χ2n) is 5.79. The van der Waals surface area contributed by atoms with Crippen molar-refractivity contribution in [2.75, 3.05) is 18.5 Å². The smallest absolute Gasteiger partial charge is 0.319 e. The van der Waals surface area contributed by atoms with E-state index in [0.717, 1.165) is 10.9 Å². The molecule has 2 amide bonds. The second kappa shape index (κ2) is 6.35. The fourth-order valence-electron chi connectivity index (χ4n) is 2.69. The van der Waals surface area contributed by atoms with Crippen LogP contribution in [0.1, 0.15) is 11.3 Å². The fourth-order valence-corrected chi connectivity index (χ4v) is 2.69. The molecule has 0 atom stereocenters. The van der Waals surface area contributed by atoms with Crippen LogP contribution in [0, 0.1) is 6.92 Å². The molecule has 1 aliphatic heterocycles. The molecule has 2 N–H and O–H groups in total. The highest BCUT2D eigenvalue weighted by atomic mass is 16.6. The molecule has 0 unspecified atom stereocenters. The van der Waals surface area contributed by atoms with E-state index >= 15 is 0 Å². The van der Waals surface area contributed by atoms with Crippen LogP contribution in [0.15, 0.2) is 40.9 Å². The van der Waals surface area contributed by atoms with Crippen LogP contribution >= 0.6 is 0 Å². The van der Waals surface area contributed by atoms with Gasteiger partial charge in [-0.2, -0.15) is 0 Å². The number of carbonyl (C=O) groups excluding carboxylic acids is 1. The Morgan fingerprint density at radius 3 is 2.84 bits per heavy atom. The van der Waals surface area contributed by atoms with E-state index in [1.54, 1.807) is 18.2 Å². The predicted molar refractivity (Wildman–Crippen MR) is 92.0 cm³/mol. The van der Waals surface area contributed by atoms with E-state index in [0.29, 0.717) is 41.7 Å². The molecule has 0 radical (unpaired) electrons. The monoisotopic (exact) mass is 339 g/mol. The van der Waals surface area contributed by atoms with Gasteiger partial charge in [0.15, 0.2) is 17.1 Å². The maximum Gasteiger partial charge on any atom is 0.319 e. The van der Waals surface area contributed by atoms with Crippen molar-refractivity contribution in [1.29, 1.82) is 0 Å². The number of aryl methyl sites for hydroxylation is 1. The number of hydrogen-bond acceptors (Lipinski definition) is 5. The lowest BCUT2D eigenvalue weighted by Gasteiger charge is -2.19. The van der Waals surface area contributed by atoms with Gasteiger partial charge >= 0.3 is 6.03 Å². The lowest BCUT2D eigenvalue weighted by atomic mass is 10.1. The number of fused-ring (bicyclic) bond motifs is 2. The lowest BCUT2D eigenvalue weighted by Crippen LogP contribution is -2.28. The van der Waals surface area contributed by atoms with Crippen LogP contribution in [0.3, 0.4) is 0 Å². The highest BCUT2D eigenvalue weighted by Crippen LogP contribution is 2.32. The molecule has 0 aliphatic carbocycles. The van der Waals surface area contributed by atoms with Crippen LogP contribution in [0.2, 0.25) is 0 Å². The largest absolute Gasteiger partial charge is 0.486 e. The van der Waals surface area contributed by atoms with E-state index in [9.17, 15) is 4.79 Å². The van der Waals surface area contributed by atoms with Crippen molar-refractivity contribution in [3.05, 3.63) is 47.7 Å². The fraction of sp³-hybridized carbons (Fsp3) is 0.222. The first-order valence-electron chi connectivity index (χ1n) is 7.98. The molecule has 7 nitrogen and oxygen atoms in total. The third-order valence-corrected chi connectivity index (χ3v) is 3.92. The number of carbonyl (C=O) groups is 1. The van der Waals surface area contributed by atoms with E-state index in [4.69, 9.17) is 14.0 Å². The van der Waals surface area contributed by atoms with E-state index in [1.807, 2.05) is 25.1 Å². The zero-order valence-corrected chi connectivity index (χ0v) is 13.7. The SMILES string of the molecule is Cc1ccc2onc(CNC(=O)Nc3ccc4c(c3)OCCO4)c2c1. The molecule has 4 rings (SSSR count). The Hall–Kier alpha value is -3.22. The minimum Gasteiger partial charge on any atom is -0.486 e. The highest BCUT2D eigenvalue weighted by Gasteiger charge is 2.13. The predicted octanol–water partition coefficient (Wildman–Crippen LogP) is 3.23. The lowest BCUT2D eigenvalue weighted by molar-refractivity contribution is 0.171. The van der Waals surface area contributed by atoms with Crippen molar-refractivity contribution in [2.24, 2.45) is 0 Å². The van der Waals surface area contributed by atoms with Gasteiger partial charge in [-0.25, -0.2) is 4.79 Å². The van der Waals surface area contributed by atoms with Gasteiger partial charge in [0.2, 0.25) is 0 Å². The van der Waals surface area contributed by atoms with Crippen molar-refractivity contribution in [3.63, 3.8) is 0 Å². The zero-order valence-electron chi connectivity index (χ0n) is 13.7. The first kappa shape index (κ1) is 15.3. The number of amides is 2. The third kappa shape index (κ3) is 3.21. The number of benzene rings is 2. The zero-order chi connectivity index (χ0) is 17.2. The van der Waals surface area contributed by atoms with Crippen molar-refractivity contribution >= 4 is 22.7 Å². The first-order valence-corrected chi connectivity index (χ1v) is 7.98. The molecule has 128 valence electrons. The Morgan fingerprint density at radius 1 is 1.12 bits per heavy atom. The topological polar surface area (TPSA) is 85.6 Å². The molecule has 2 aromatic carbocycles. The molecule has 25 heavy (non-hydrogen) atoms. The van der Waals surface area contributed by atoms with Gasteiger partial charge < -0.3 is 24.6 Å². The van der Waals surface area contributed by atoms with Crippen LogP contribution in [0.25, 0.3) is 11.0 Å². The first-order chi connectivity index (χ1) is 12.2. The summed E-state index contributed by atoms with van der Waals surface area (Å²) in [6.07, 6.45) is 0. The van der Waals surface area contributed by atoms with Gasteiger partial charge in [0.25, 0.3) is 0 Å². The van der Waals surface area contributed by atoms with Crippen molar-refractivity contribution in [2.45, 2.75) is 13.5 Å². The molecule has 1 aliphatic rings. The van der Waals surface area contributed by atoms with Crippen molar-refractivity contribution in [3.8, 4) is 11.5 Å². The molecule has 3 aromatic rings. The molecule has 0 saturated heterocycles. The molecular weight excluding hydrogens is 322 g/mol. The van der Waals surface area contributed by atoms with Gasteiger partial charge in [-0.05, 0) is 31.2 Å². The van der Waals surface area contributed by atoms with Crippen LogP contribution in [-0.2, 0) is 6.54 Å². The number of urea groups is 1. The van der Waals surface area contributed by atoms with Crippen LogP contribution in [-0.4, -0.2) is 24.4 Å². The minimum absolute atomic E-state index is 0.271. The van der Waals surface area contributed by atoms with E-state index in [2.05, 4.69) is 15.8 Å². The minimum atomic E-state index is -0.333. The number of rotatable bonds is 3. The van der Waals surface area contributed by atoms with Gasteiger partial charge in [0.05, 0.1) is 6.54 Å². The number of aromatic nitrogens is 1. The molecular formula is C18H17N3O4. The Bertz CT molecular complexity index is 935. The number of anilines is 1. The summed E-state index contributed by atoms with van der Waals surface area (Å²) in [7, 11) is 0. The molecule has 7 heteroatoms. The number of nitrogens with zero attached hydrogens (tertiary/aromatic N) is 1. The van der Waals surface area contributed by atoms with Gasteiger partial charge in [-0.15, -0.1) is 0 Å². The maximum absolute atomic E-state index is 12.1. The van der Waals surface area contributed by atoms with Crippen LogP contribution in [0.4, 0.5) is 10.5 Å². The molecule has 0 bridgehead atoms. The Morgan fingerprint density at radius 2 is 1.96 bits per heavy atom.